The summed E-state index contributed by atoms with van der Waals surface area (Å²) in [5, 5.41) is 19.2. The van der Waals surface area contributed by atoms with Gasteiger partial charge in [0.15, 0.2) is 11.5 Å². The van der Waals surface area contributed by atoms with Gasteiger partial charge in [-0.3, -0.25) is 9.69 Å². The molecule has 1 heterocycles. The van der Waals surface area contributed by atoms with Gasteiger partial charge in [0, 0.05) is 6.54 Å². The minimum absolute atomic E-state index is 0.0755. The van der Waals surface area contributed by atoms with E-state index in [0.29, 0.717) is 25.3 Å². The number of halogens is 1. The maximum Gasteiger partial charge on any atom is 0.320 e. The standard InChI is InChI=1S/C14H18ClNO4/c1-2-20-12-7-9(6-10(15)13(12)17)8-16-5-3-4-11(16)14(18)19/h6-7,11,17H,2-5,8H2,1H3,(H,18,19)/t11-/m0/s1. The third-order valence-corrected chi connectivity index (χ3v) is 3.71. The highest BCUT2D eigenvalue weighted by Gasteiger charge is 2.30. The highest BCUT2D eigenvalue weighted by molar-refractivity contribution is 6.32. The Labute approximate surface area is 122 Å². The first-order chi connectivity index (χ1) is 9.52. The molecule has 0 amide bonds. The number of phenols is 1. The smallest absolute Gasteiger partial charge is 0.320 e. The number of ether oxygens (including phenoxy) is 1. The summed E-state index contributed by atoms with van der Waals surface area (Å²) in [7, 11) is 0. The molecular formula is C14H18ClNO4. The van der Waals surface area contributed by atoms with Crippen LogP contribution in [-0.4, -0.2) is 40.3 Å². The number of carboxylic acids is 1. The molecule has 110 valence electrons. The second-order valence-corrected chi connectivity index (χ2v) is 5.23. The van der Waals surface area contributed by atoms with Gasteiger partial charge in [-0.2, -0.15) is 0 Å². The van der Waals surface area contributed by atoms with Gasteiger partial charge in [0.1, 0.15) is 6.04 Å². The molecule has 20 heavy (non-hydrogen) atoms. The molecule has 1 saturated heterocycles. The van der Waals surface area contributed by atoms with Crippen molar-refractivity contribution < 1.29 is 19.7 Å². The Morgan fingerprint density at radius 3 is 2.95 bits per heavy atom. The Hall–Kier alpha value is -1.46. The third-order valence-electron chi connectivity index (χ3n) is 3.42. The van der Waals surface area contributed by atoms with Crippen molar-refractivity contribution in [3.05, 3.63) is 22.7 Å². The van der Waals surface area contributed by atoms with Crippen molar-refractivity contribution in [3.8, 4) is 11.5 Å². The van der Waals surface area contributed by atoms with E-state index in [0.717, 1.165) is 18.5 Å². The number of phenolic OH excluding ortho intramolecular Hbond substituents is 1. The van der Waals surface area contributed by atoms with Crippen molar-refractivity contribution >= 4 is 17.6 Å². The highest BCUT2D eigenvalue weighted by atomic mass is 35.5. The number of carboxylic acid groups (broad SMARTS) is 1. The third kappa shape index (κ3) is 3.16. The van der Waals surface area contributed by atoms with Crippen molar-refractivity contribution in [1.82, 2.24) is 4.90 Å². The van der Waals surface area contributed by atoms with Crippen molar-refractivity contribution in [3.63, 3.8) is 0 Å². The Balaban J connectivity index is 2.19. The predicted octanol–water partition coefficient (Wildman–Crippen LogP) is 2.49. The molecule has 1 aliphatic heterocycles. The molecule has 0 bridgehead atoms. The fourth-order valence-electron chi connectivity index (χ4n) is 2.51. The van der Waals surface area contributed by atoms with Crippen LogP contribution in [0, 0.1) is 0 Å². The van der Waals surface area contributed by atoms with Gasteiger partial charge in [-0.25, -0.2) is 0 Å². The summed E-state index contributed by atoms with van der Waals surface area (Å²) in [5.74, 6) is -0.535. The topological polar surface area (TPSA) is 70.0 Å². The van der Waals surface area contributed by atoms with Crippen LogP contribution in [0.25, 0.3) is 0 Å². The first-order valence-electron chi connectivity index (χ1n) is 6.64. The summed E-state index contributed by atoms with van der Waals surface area (Å²) >= 11 is 5.97. The first kappa shape index (κ1) is 14.9. The van der Waals surface area contributed by atoms with Crippen LogP contribution in [0.1, 0.15) is 25.3 Å². The average Bonchev–Trinajstić information content (AvgIpc) is 2.84. The molecule has 0 saturated carbocycles. The number of rotatable bonds is 5. The van der Waals surface area contributed by atoms with E-state index >= 15 is 0 Å². The zero-order valence-electron chi connectivity index (χ0n) is 11.3. The molecule has 1 aromatic carbocycles. The molecule has 0 spiro atoms. The molecule has 0 aromatic heterocycles. The van der Waals surface area contributed by atoms with E-state index in [4.69, 9.17) is 21.4 Å². The average molecular weight is 300 g/mol. The van der Waals surface area contributed by atoms with Crippen molar-refractivity contribution in [1.29, 1.82) is 0 Å². The second kappa shape index (κ2) is 6.33. The maximum absolute atomic E-state index is 11.2. The molecule has 0 unspecified atom stereocenters. The number of aromatic hydroxyl groups is 1. The van der Waals surface area contributed by atoms with Gasteiger partial charge in [-0.05, 0) is 44.0 Å². The first-order valence-corrected chi connectivity index (χ1v) is 7.01. The largest absolute Gasteiger partial charge is 0.503 e. The lowest BCUT2D eigenvalue weighted by atomic mass is 10.1. The normalized spacial score (nSPS) is 19.2. The van der Waals surface area contributed by atoms with Crippen LogP contribution in [0.4, 0.5) is 0 Å². The zero-order chi connectivity index (χ0) is 14.7. The van der Waals surface area contributed by atoms with Crippen LogP contribution in [0.3, 0.4) is 0 Å². The van der Waals surface area contributed by atoms with Gasteiger partial charge in [0.2, 0.25) is 0 Å². The quantitative estimate of drug-likeness (QED) is 0.874. The number of hydrogen-bond acceptors (Lipinski definition) is 4. The van der Waals surface area contributed by atoms with Gasteiger partial charge >= 0.3 is 5.97 Å². The Morgan fingerprint density at radius 1 is 1.55 bits per heavy atom. The van der Waals surface area contributed by atoms with E-state index in [9.17, 15) is 9.90 Å². The minimum atomic E-state index is -0.794. The molecule has 1 fully saturated rings. The van der Waals surface area contributed by atoms with Crippen LogP contribution >= 0.6 is 11.6 Å². The predicted molar refractivity (Wildman–Crippen MR) is 75.4 cm³/mol. The summed E-state index contributed by atoms with van der Waals surface area (Å²) < 4.78 is 5.33. The number of likely N-dealkylation sites (tertiary alicyclic amines) is 1. The molecule has 1 aromatic rings. The highest BCUT2D eigenvalue weighted by Crippen LogP contribution is 2.36. The molecular weight excluding hydrogens is 282 g/mol. The van der Waals surface area contributed by atoms with Gasteiger partial charge < -0.3 is 14.9 Å². The molecule has 0 aliphatic carbocycles. The molecule has 1 atom stereocenters. The second-order valence-electron chi connectivity index (χ2n) is 4.82. The summed E-state index contributed by atoms with van der Waals surface area (Å²) in [6, 6.07) is 2.91. The summed E-state index contributed by atoms with van der Waals surface area (Å²) in [4.78, 5) is 13.1. The van der Waals surface area contributed by atoms with Gasteiger partial charge in [0.05, 0.1) is 11.6 Å². The molecule has 5 nitrogen and oxygen atoms in total. The van der Waals surface area contributed by atoms with E-state index in [1.807, 2.05) is 11.8 Å². The van der Waals surface area contributed by atoms with Gasteiger partial charge in [-0.1, -0.05) is 11.6 Å². The van der Waals surface area contributed by atoms with E-state index in [1.165, 1.54) is 0 Å². The SMILES string of the molecule is CCOc1cc(CN2CCC[C@H]2C(=O)O)cc(Cl)c1O. The lowest BCUT2D eigenvalue weighted by Gasteiger charge is -2.21. The van der Waals surface area contributed by atoms with E-state index in [1.54, 1.807) is 12.1 Å². The molecule has 2 rings (SSSR count). The monoisotopic (exact) mass is 299 g/mol. The molecule has 2 N–H and O–H groups in total. The fraction of sp³-hybridized carbons (Fsp3) is 0.500. The van der Waals surface area contributed by atoms with Crippen molar-refractivity contribution in [2.24, 2.45) is 0 Å². The minimum Gasteiger partial charge on any atom is -0.503 e. The lowest BCUT2D eigenvalue weighted by molar-refractivity contribution is -0.142. The summed E-state index contributed by atoms with van der Waals surface area (Å²) in [6.07, 6.45) is 1.54. The fourth-order valence-corrected chi connectivity index (χ4v) is 2.75. The van der Waals surface area contributed by atoms with E-state index in [-0.39, 0.29) is 10.8 Å². The number of benzene rings is 1. The Morgan fingerprint density at radius 2 is 2.30 bits per heavy atom. The lowest BCUT2D eigenvalue weighted by Crippen LogP contribution is -2.35. The van der Waals surface area contributed by atoms with Crippen LogP contribution in [0.2, 0.25) is 5.02 Å². The van der Waals surface area contributed by atoms with Crippen LogP contribution in [-0.2, 0) is 11.3 Å². The molecule has 0 radical (unpaired) electrons. The van der Waals surface area contributed by atoms with Crippen LogP contribution < -0.4 is 4.74 Å². The van der Waals surface area contributed by atoms with Crippen LogP contribution in [0.5, 0.6) is 11.5 Å². The number of hydrogen-bond donors (Lipinski definition) is 2. The van der Waals surface area contributed by atoms with Crippen LogP contribution in [0.15, 0.2) is 12.1 Å². The van der Waals surface area contributed by atoms with Gasteiger partial charge in [0.25, 0.3) is 0 Å². The number of aliphatic carboxylic acids is 1. The Kier molecular flexibility index (Phi) is 4.73. The van der Waals surface area contributed by atoms with E-state index < -0.39 is 12.0 Å². The summed E-state index contributed by atoms with van der Waals surface area (Å²) in [6.45, 7) is 3.48. The molecule has 1 aliphatic rings. The summed E-state index contributed by atoms with van der Waals surface area (Å²) in [5.41, 5.74) is 0.837. The molecule has 6 heteroatoms. The van der Waals surface area contributed by atoms with E-state index in [2.05, 4.69) is 0 Å². The van der Waals surface area contributed by atoms with Crippen molar-refractivity contribution in [2.75, 3.05) is 13.2 Å². The maximum atomic E-state index is 11.2. The van der Waals surface area contributed by atoms with Gasteiger partial charge in [-0.15, -0.1) is 0 Å². The number of nitrogens with zero attached hydrogens (tertiary/aromatic N) is 1. The number of carbonyl (C=O) groups is 1. The zero-order valence-corrected chi connectivity index (χ0v) is 12.1. The Bertz CT molecular complexity index is 506. The van der Waals surface area contributed by atoms with Crippen molar-refractivity contribution in [2.45, 2.75) is 32.4 Å².